The van der Waals surface area contributed by atoms with Crippen LogP contribution in [-0.4, -0.2) is 11.1 Å². The maximum absolute atomic E-state index is 12.2. The Bertz CT molecular complexity index is 595. The maximum Gasteiger partial charge on any atom is 0.228 e. The van der Waals surface area contributed by atoms with Crippen molar-refractivity contribution in [1.29, 1.82) is 0 Å². The summed E-state index contributed by atoms with van der Waals surface area (Å²) in [5.74, 6) is 0.497. The molecule has 0 saturated heterocycles. The molecule has 108 valence electrons. The summed E-state index contributed by atoms with van der Waals surface area (Å²) in [6.07, 6.45) is 3.88. The number of aromatic nitrogens is 1. The van der Waals surface area contributed by atoms with Crippen molar-refractivity contribution in [3.05, 3.63) is 23.2 Å². The van der Waals surface area contributed by atoms with Crippen LogP contribution in [0.15, 0.2) is 22.7 Å². The van der Waals surface area contributed by atoms with Crippen LogP contribution in [0.4, 0.5) is 5.82 Å². The summed E-state index contributed by atoms with van der Waals surface area (Å²) in [7, 11) is 0. The van der Waals surface area contributed by atoms with Crippen LogP contribution in [0.3, 0.4) is 0 Å². The lowest BCUT2D eigenvalue weighted by Gasteiger charge is -2.13. The van der Waals surface area contributed by atoms with Crippen LogP contribution >= 0.6 is 11.6 Å². The van der Waals surface area contributed by atoms with Crippen LogP contribution < -0.4 is 5.32 Å². The third-order valence-corrected chi connectivity index (χ3v) is 3.68. The first-order chi connectivity index (χ1) is 9.65. The van der Waals surface area contributed by atoms with Crippen LogP contribution in [-0.2, 0) is 4.79 Å². The van der Waals surface area contributed by atoms with Crippen molar-refractivity contribution in [1.82, 2.24) is 5.16 Å². The number of anilines is 1. The van der Waals surface area contributed by atoms with Gasteiger partial charge in [-0.25, -0.2) is 0 Å². The Balaban J connectivity index is 2.12. The lowest BCUT2D eigenvalue weighted by Crippen LogP contribution is -2.22. The molecule has 1 unspecified atom stereocenters. The highest BCUT2D eigenvalue weighted by molar-refractivity contribution is 6.31. The topological polar surface area (TPSA) is 55.1 Å². The largest absolute Gasteiger partial charge is 0.354 e. The number of unbranched alkanes of at least 4 members (excludes halogenated alkanes) is 1. The summed E-state index contributed by atoms with van der Waals surface area (Å²) in [5, 5.41) is 8.12. The molecule has 2 rings (SSSR count). The number of carbonyl (C=O) groups is 1. The molecular formula is C15H19ClN2O2. The van der Waals surface area contributed by atoms with Gasteiger partial charge in [0.1, 0.15) is 0 Å². The SMILES string of the molecule is CCCCC(CC)C(=O)Nc1noc2cc(Cl)ccc12. The van der Waals surface area contributed by atoms with Crippen LogP contribution in [0.2, 0.25) is 5.02 Å². The molecule has 1 N–H and O–H groups in total. The molecule has 2 aromatic rings. The van der Waals surface area contributed by atoms with Crippen molar-refractivity contribution in [2.75, 3.05) is 5.32 Å². The van der Waals surface area contributed by atoms with Gasteiger partial charge in [-0.1, -0.05) is 43.4 Å². The van der Waals surface area contributed by atoms with E-state index >= 15 is 0 Å². The van der Waals surface area contributed by atoms with E-state index in [4.69, 9.17) is 16.1 Å². The molecule has 4 nitrogen and oxygen atoms in total. The first kappa shape index (κ1) is 14.9. The zero-order valence-corrected chi connectivity index (χ0v) is 12.5. The van der Waals surface area contributed by atoms with Gasteiger partial charge in [0.25, 0.3) is 0 Å². The minimum atomic E-state index is 0.00565. The second kappa shape index (κ2) is 6.75. The van der Waals surface area contributed by atoms with Crippen molar-refractivity contribution in [2.45, 2.75) is 39.5 Å². The van der Waals surface area contributed by atoms with Crippen molar-refractivity contribution in [3.8, 4) is 0 Å². The number of hydrogen-bond acceptors (Lipinski definition) is 3. The van der Waals surface area contributed by atoms with E-state index in [1.165, 1.54) is 0 Å². The zero-order chi connectivity index (χ0) is 14.5. The number of nitrogens with zero attached hydrogens (tertiary/aromatic N) is 1. The number of hydrogen-bond donors (Lipinski definition) is 1. The normalized spacial score (nSPS) is 12.6. The summed E-state index contributed by atoms with van der Waals surface area (Å²) < 4.78 is 5.18. The van der Waals surface area contributed by atoms with Gasteiger partial charge in [0.05, 0.1) is 5.39 Å². The summed E-state index contributed by atoms with van der Waals surface area (Å²) in [5.41, 5.74) is 0.578. The number of benzene rings is 1. The average Bonchev–Trinajstić information content (AvgIpc) is 2.82. The lowest BCUT2D eigenvalue weighted by atomic mass is 9.98. The fraction of sp³-hybridized carbons (Fsp3) is 0.467. The third kappa shape index (κ3) is 3.31. The fourth-order valence-electron chi connectivity index (χ4n) is 2.19. The predicted octanol–water partition coefficient (Wildman–Crippen LogP) is 4.64. The highest BCUT2D eigenvalue weighted by Crippen LogP contribution is 2.26. The van der Waals surface area contributed by atoms with Gasteiger partial charge in [0, 0.05) is 17.0 Å². The molecule has 1 atom stereocenters. The third-order valence-electron chi connectivity index (χ3n) is 3.45. The Morgan fingerprint density at radius 3 is 2.95 bits per heavy atom. The van der Waals surface area contributed by atoms with Gasteiger partial charge < -0.3 is 9.84 Å². The molecule has 0 aliphatic rings. The molecule has 5 heteroatoms. The molecule has 20 heavy (non-hydrogen) atoms. The standard InChI is InChI=1S/C15H19ClN2O2/c1-3-5-6-10(4-2)15(19)17-14-12-8-7-11(16)9-13(12)20-18-14/h7-10H,3-6H2,1-2H3,(H,17,18,19). The van der Waals surface area contributed by atoms with Crippen LogP contribution in [0.5, 0.6) is 0 Å². The number of amides is 1. The molecule has 0 aliphatic carbocycles. The fourth-order valence-corrected chi connectivity index (χ4v) is 2.35. The second-order valence-electron chi connectivity index (χ2n) is 4.91. The molecule has 0 fully saturated rings. The monoisotopic (exact) mass is 294 g/mol. The van der Waals surface area contributed by atoms with E-state index < -0.39 is 0 Å². The Morgan fingerprint density at radius 1 is 1.45 bits per heavy atom. The maximum atomic E-state index is 12.2. The molecule has 0 radical (unpaired) electrons. The molecule has 1 aromatic carbocycles. The summed E-state index contributed by atoms with van der Waals surface area (Å²) in [6.45, 7) is 4.15. The van der Waals surface area contributed by atoms with Gasteiger partial charge in [0.15, 0.2) is 11.4 Å². The minimum Gasteiger partial charge on any atom is -0.354 e. The molecule has 0 spiro atoms. The molecule has 0 bridgehead atoms. The van der Waals surface area contributed by atoms with Crippen molar-refractivity contribution in [3.63, 3.8) is 0 Å². The van der Waals surface area contributed by atoms with Crippen LogP contribution in [0.25, 0.3) is 11.0 Å². The van der Waals surface area contributed by atoms with Gasteiger partial charge in [-0.2, -0.15) is 0 Å². The second-order valence-corrected chi connectivity index (χ2v) is 5.34. The lowest BCUT2D eigenvalue weighted by molar-refractivity contribution is -0.120. The highest BCUT2D eigenvalue weighted by Gasteiger charge is 2.18. The first-order valence-corrected chi connectivity index (χ1v) is 7.39. The van der Waals surface area contributed by atoms with Crippen LogP contribution in [0.1, 0.15) is 39.5 Å². The van der Waals surface area contributed by atoms with E-state index in [2.05, 4.69) is 17.4 Å². The summed E-state index contributed by atoms with van der Waals surface area (Å²) >= 11 is 5.89. The highest BCUT2D eigenvalue weighted by atomic mass is 35.5. The average molecular weight is 295 g/mol. The number of halogens is 1. The molecule has 1 aromatic heterocycles. The van der Waals surface area contributed by atoms with Gasteiger partial charge in [-0.3, -0.25) is 4.79 Å². The number of nitrogens with one attached hydrogen (secondary N) is 1. The molecular weight excluding hydrogens is 276 g/mol. The summed E-state index contributed by atoms with van der Waals surface area (Å²) in [6, 6.07) is 5.25. The quantitative estimate of drug-likeness (QED) is 0.844. The number of carbonyl (C=O) groups excluding carboxylic acids is 1. The minimum absolute atomic E-state index is 0.00565. The van der Waals surface area contributed by atoms with E-state index in [0.29, 0.717) is 16.4 Å². The molecule has 0 aliphatic heterocycles. The number of fused-ring (bicyclic) bond motifs is 1. The van der Waals surface area contributed by atoms with E-state index in [0.717, 1.165) is 31.1 Å². The molecule has 0 saturated carbocycles. The van der Waals surface area contributed by atoms with Crippen molar-refractivity contribution < 1.29 is 9.32 Å². The van der Waals surface area contributed by atoms with E-state index in [9.17, 15) is 4.79 Å². The van der Waals surface area contributed by atoms with E-state index in [1.807, 2.05) is 6.92 Å². The van der Waals surface area contributed by atoms with Crippen molar-refractivity contribution in [2.24, 2.45) is 5.92 Å². The van der Waals surface area contributed by atoms with Crippen LogP contribution in [0, 0.1) is 5.92 Å². The number of rotatable bonds is 6. The van der Waals surface area contributed by atoms with Gasteiger partial charge >= 0.3 is 0 Å². The Morgan fingerprint density at radius 2 is 2.25 bits per heavy atom. The van der Waals surface area contributed by atoms with E-state index in [1.54, 1.807) is 18.2 Å². The first-order valence-electron chi connectivity index (χ1n) is 7.01. The van der Waals surface area contributed by atoms with E-state index in [-0.39, 0.29) is 11.8 Å². The Labute approximate surface area is 123 Å². The smallest absolute Gasteiger partial charge is 0.228 e. The van der Waals surface area contributed by atoms with Gasteiger partial charge in [-0.05, 0) is 25.0 Å². The molecule has 1 heterocycles. The van der Waals surface area contributed by atoms with Gasteiger partial charge in [-0.15, -0.1) is 0 Å². The van der Waals surface area contributed by atoms with Gasteiger partial charge in [0.2, 0.25) is 5.91 Å². The molecule has 1 amide bonds. The zero-order valence-electron chi connectivity index (χ0n) is 11.8. The Hall–Kier alpha value is -1.55. The summed E-state index contributed by atoms with van der Waals surface area (Å²) in [4.78, 5) is 12.2. The van der Waals surface area contributed by atoms with Crippen molar-refractivity contribution >= 4 is 34.3 Å². The Kier molecular flexibility index (Phi) is 5.01. The predicted molar refractivity (Wildman–Crippen MR) is 81.0 cm³/mol.